The molecule has 0 aliphatic rings. The second-order valence-corrected chi connectivity index (χ2v) is 4.13. The summed E-state index contributed by atoms with van der Waals surface area (Å²) in [6.07, 6.45) is 6.33. The summed E-state index contributed by atoms with van der Waals surface area (Å²) in [4.78, 5) is 11.3. The number of hydrogen-bond acceptors (Lipinski definition) is 3. The quantitative estimate of drug-likeness (QED) is 0.734. The minimum absolute atomic E-state index is 0.860. The van der Waals surface area contributed by atoms with E-state index in [0.717, 1.165) is 18.8 Å². The minimum atomic E-state index is 0.860. The first-order valence-electron chi connectivity index (χ1n) is 5.98. The monoisotopic (exact) mass is 238 g/mol. The van der Waals surface area contributed by atoms with Gasteiger partial charge in [0.2, 0.25) is 0 Å². The summed E-state index contributed by atoms with van der Waals surface area (Å²) < 4.78 is 0. The molecule has 0 fully saturated rings. The molecule has 0 aliphatic heterocycles. The zero-order valence-electron chi connectivity index (χ0n) is 9.93. The maximum Gasteiger partial charge on any atom is 0.129 e. The lowest BCUT2D eigenvalue weighted by Crippen LogP contribution is -2.05. The molecule has 0 atom stereocenters. The first-order chi connectivity index (χ1) is 8.93. The Morgan fingerprint density at radius 3 is 3.00 bits per heavy atom. The van der Waals surface area contributed by atoms with Gasteiger partial charge in [0, 0.05) is 29.8 Å². The Morgan fingerprint density at radius 2 is 2.11 bits per heavy atom. The van der Waals surface area contributed by atoms with Gasteiger partial charge < -0.3 is 10.3 Å². The molecule has 0 saturated carbocycles. The first-order valence-corrected chi connectivity index (χ1v) is 5.98. The van der Waals surface area contributed by atoms with Gasteiger partial charge in [0.15, 0.2) is 0 Å². The van der Waals surface area contributed by atoms with E-state index in [2.05, 4.69) is 44.7 Å². The summed E-state index contributed by atoms with van der Waals surface area (Å²) in [5.74, 6) is 0.866. The van der Waals surface area contributed by atoms with Crippen molar-refractivity contribution in [3.63, 3.8) is 0 Å². The average Bonchev–Trinajstić information content (AvgIpc) is 2.84. The smallest absolute Gasteiger partial charge is 0.129 e. The van der Waals surface area contributed by atoms with Gasteiger partial charge in [0.1, 0.15) is 12.1 Å². The second-order valence-electron chi connectivity index (χ2n) is 4.13. The lowest BCUT2D eigenvalue weighted by atomic mass is 10.1. The molecule has 3 rings (SSSR count). The molecule has 2 aromatic heterocycles. The zero-order valence-corrected chi connectivity index (χ0v) is 9.93. The number of aromatic nitrogens is 3. The number of benzene rings is 1. The summed E-state index contributed by atoms with van der Waals surface area (Å²) in [6, 6.07) is 10.2. The first kappa shape index (κ1) is 10.8. The number of rotatable bonds is 4. The van der Waals surface area contributed by atoms with Gasteiger partial charge >= 0.3 is 0 Å². The number of anilines is 1. The molecule has 4 heteroatoms. The van der Waals surface area contributed by atoms with Crippen LogP contribution in [0.3, 0.4) is 0 Å². The fraction of sp³-hybridized carbons (Fsp3) is 0.143. The van der Waals surface area contributed by atoms with Gasteiger partial charge in [-0.2, -0.15) is 0 Å². The molecular formula is C14H14N4. The van der Waals surface area contributed by atoms with Gasteiger partial charge in [-0.15, -0.1) is 0 Å². The molecule has 0 saturated heterocycles. The molecule has 18 heavy (non-hydrogen) atoms. The van der Waals surface area contributed by atoms with Crippen molar-refractivity contribution in [2.75, 3.05) is 11.9 Å². The molecule has 0 spiro atoms. The molecule has 3 aromatic rings. The number of nitrogens with one attached hydrogen (secondary N) is 2. The van der Waals surface area contributed by atoms with Crippen molar-refractivity contribution < 1.29 is 0 Å². The Labute approximate surface area is 105 Å². The molecule has 0 amide bonds. The van der Waals surface area contributed by atoms with Crippen molar-refractivity contribution in [1.82, 2.24) is 15.0 Å². The minimum Gasteiger partial charge on any atom is -0.370 e. The Hall–Kier alpha value is -2.36. The summed E-state index contributed by atoms with van der Waals surface area (Å²) in [7, 11) is 0. The Morgan fingerprint density at radius 1 is 1.17 bits per heavy atom. The number of aromatic amines is 1. The molecule has 0 bridgehead atoms. The molecule has 0 aliphatic carbocycles. The van der Waals surface area contributed by atoms with Crippen molar-refractivity contribution in [2.45, 2.75) is 6.42 Å². The SMILES string of the molecule is c1ccc2c(CCNc3ccncn3)c[nH]c2c1. The van der Waals surface area contributed by atoms with E-state index >= 15 is 0 Å². The normalized spacial score (nSPS) is 10.7. The third-order valence-electron chi connectivity index (χ3n) is 2.96. The van der Waals surface area contributed by atoms with Gasteiger partial charge in [0.05, 0.1) is 0 Å². The van der Waals surface area contributed by atoms with Crippen LogP contribution in [0.5, 0.6) is 0 Å². The van der Waals surface area contributed by atoms with Crippen molar-refractivity contribution in [2.24, 2.45) is 0 Å². The number of hydrogen-bond donors (Lipinski definition) is 2. The van der Waals surface area contributed by atoms with Crippen molar-refractivity contribution in [1.29, 1.82) is 0 Å². The number of fused-ring (bicyclic) bond motifs is 1. The van der Waals surface area contributed by atoms with Crippen LogP contribution in [0.25, 0.3) is 10.9 Å². The third kappa shape index (κ3) is 2.18. The van der Waals surface area contributed by atoms with Crippen LogP contribution in [0.15, 0.2) is 49.1 Å². The van der Waals surface area contributed by atoms with E-state index in [-0.39, 0.29) is 0 Å². The number of nitrogens with zero attached hydrogens (tertiary/aromatic N) is 2. The highest BCUT2D eigenvalue weighted by atomic mass is 15.0. The van der Waals surface area contributed by atoms with Crippen LogP contribution in [0.2, 0.25) is 0 Å². The van der Waals surface area contributed by atoms with Crippen LogP contribution in [0.4, 0.5) is 5.82 Å². The van der Waals surface area contributed by atoms with Crippen LogP contribution < -0.4 is 5.32 Å². The van der Waals surface area contributed by atoms with Gasteiger partial charge in [-0.1, -0.05) is 18.2 Å². The van der Waals surface area contributed by atoms with Crippen LogP contribution >= 0.6 is 0 Å². The van der Waals surface area contributed by atoms with Gasteiger partial charge in [-0.3, -0.25) is 0 Å². The summed E-state index contributed by atoms with van der Waals surface area (Å²) in [6.45, 7) is 0.860. The van der Waals surface area contributed by atoms with Crippen molar-refractivity contribution >= 4 is 16.7 Å². The highest BCUT2D eigenvalue weighted by Gasteiger charge is 2.02. The molecule has 90 valence electrons. The molecule has 0 unspecified atom stereocenters. The van der Waals surface area contributed by atoms with E-state index in [1.807, 2.05) is 12.1 Å². The van der Waals surface area contributed by atoms with Gasteiger partial charge in [-0.05, 0) is 24.1 Å². The summed E-state index contributed by atoms with van der Waals surface area (Å²) in [5.41, 5.74) is 2.52. The lowest BCUT2D eigenvalue weighted by Gasteiger charge is -2.03. The second kappa shape index (κ2) is 4.87. The molecule has 2 N–H and O–H groups in total. The molecule has 2 heterocycles. The predicted octanol–water partition coefficient (Wildman–Crippen LogP) is 2.61. The Bertz CT molecular complexity index is 630. The van der Waals surface area contributed by atoms with E-state index in [1.54, 1.807) is 12.5 Å². The van der Waals surface area contributed by atoms with E-state index in [9.17, 15) is 0 Å². The highest BCUT2D eigenvalue weighted by Crippen LogP contribution is 2.17. The van der Waals surface area contributed by atoms with E-state index in [4.69, 9.17) is 0 Å². The summed E-state index contributed by atoms with van der Waals surface area (Å²) >= 11 is 0. The molecular weight excluding hydrogens is 224 g/mol. The van der Waals surface area contributed by atoms with Gasteiger partial charge in [-0.25, -0.2) is 9.97 Å². The average molecular weight is 238 g/mol. The van der Waals surface area contributed by atoms with Crippen molar-refractivity contribution in [3.05, 3.63) is 54.6 Å². The fourth-order valence-corrected chi connectivity index (χ4v) is 2.06. The summed E-state index contributed by atoms with van der Waals surface area (Å²) in [5, 5.41) is 4.58. The fourth-order valence-electron chi connectivity index (χ4n) is 2.06. The van der Waals surface area contributed by atoms with Crippen molar-refractivity contribution in [3.8, 4) is 0 Å². The van der Waals surface area contributed by atoms with Crippen LogP contribution in [0.1, 0.15) is 5.56 Å². The highest BCUT2D eigenvalue weighted by molar-refractivity contribution is 5.83. The topological polar surface area (TPSA) is 53.6 Å². The Balaban J connectivity index is 1.67. The molecule has 1 aromatic carbocycles. The molecule has 4 nitrogen and oxygen atoms in total. The molecule has 0 radical (unpaired) electrons. The van der Waals surface area contributed by atoms with Crippen LogP contribution in [-0.4, -0.2) is 21.5 Å². The lowest BCUT2D eigenvalue weighted by molar-refractivity contribution is 1.01. The maximum absolute atomic E-state index is 4.13. The van der Waals surface area contributed by atoms with E-state index < -0.39 is 0 Å². The standard InChI is InChI=1S/C14H14N4/c1-2-4-13-12(3-1)11(9-17-13)5-8-16-14-6-7-15-10-18-14/h1-4,6-7,9-10,17H,5,8H2,(H,15,16,18). The van der Waals surface area contributed by atoms with E-state index in [1.165, 1.54) is 16.5 Å². The van der Waals surface area contributed by atoms with Crippen LogP contribution in [-0.2, 0) is 6.42 Å². The predicted molar refractivity (Wildman–Crippen MR) is 72.5 cm³/mol. The Kier molecular flexibility index (Phi) is 2.92. The zero-order chi connectivity index (χ0) is 12.2. The third-order valence-corrected chi connectivity index (χ3v) is 2.96. The van der Waals surface area contributed by atoms with Crippen LogP contribution in [0, 0.1) is 0 Å². The maximum atomic E-state index is 4.13. The number of H-pyrrole nitrogens is 1. The number of para-hydroxylation sites is 1. The largest absolute Gasteiger partial charge is 0.370 e. The van der Waals surface area contributed by atoms with Gasteiger partial charge in [0.25, 0.3) is 0 Å². The van der Waals surface area contributed by atoms with E-state index in [0.29, 0.717) is 0 Å².